The molecule has 1 aliphatic carbocycles. The van der Waals surface area contributed by atoms with Gasteiger partial charge in [0.15, 0.2) is 0 Å². The summed E-state index contributed by atoms with van der Waals surface area (Å²) in [5.41, 5.74) is 0.638. The van der Waals surface area contributed by atoms with Crippen LogP contribution < -0.4 is 4.90 Å². The number of hydrogen-bond acceptors (Lipinski definition) is 1. The number of rotatable bonds is 2. The maximum Gasteiger partial charge on any atom is 0.236 e. The fourth-order valence-electron chi connectivity index (χ4n) is 2.14. The van der Waals surface area contributed by atoms with Crippen molar-refractivity contribution in [3.63, 3.8) is 0 Å². The lowest BCUT2D eigenvalue weighted by Gasteiger charge is -2.27. The third kappa shape index (κ3) is 1.87. The zero-order chi connectivity index (χ0) is 11.6. The van der Waals surface area contributed by atoms with Gasteiger partial charge in [0.2, 0.25) is 5.91 Å². The van der Waals surface area contributed by atoms with Gasteiger partial charge in [-0.25, -0.2) is 0 Å². The number of hydrogen-bond donors (Lipinski definition) is 0. The molecule has 1 aromatic rings. The van der Waals surface area contributed by atoms with Crippen molar-refractivity contribution in [3.05, 3.63) is 42.5 Å². The van der Waals surface area contributed by atoms with E-state index in [1.807, 2.05) is 50.4 Å². The van der Waals surface area contributed by atoms with E-state index in [9.17, 15) is 4.79 Å². The molecule has 0 bridgehead atoms. The van der Waals surface area contributed by atoms with E-state index in [-0.39, 0.29) is 11.3 Å². The Morgan fingerprint density at radius 2 is 2.00 bits per heavy atom. The van der Waals surface area contributed by atoms with Gasteiger partial charge in [0, 0.05) is 12.7 Å². The van der Waals surface area contributed by atoms with Gasteiger partial charge in [0.05, 0.1) is 5.41 Å². The van der Waals surface area contributed by atoms with Crippen molar-refractivity contribution < 1.29 is 4.79 Å². The van der Waals surface area contributed by atoms with Gasteiger partial charge in [-0.1, -0.05) is 30.4 Å². The summed E-state index contributed by atoms with van der Waals surface area (Å²) in [5, 5.41) is 0. The summed E-state index contributed by atoms with van der Waals surface area (Å²) in [6.45, 7) is 2.01. The lowest BCUT2D eigenvalue weighted by atomic mass is 9.88. The Kier molecular flexibility index (Phi) is 2.82. The average molecular weight is 215 g/mol. The van der Waals surface area contributed by atoms with E-state index in [2.05, 4.69) is 6.08 Å². The molecule has 2 rings (SSSR count). The maximum absolute atomic E-state index is 12.3. The van der Waals surface area contributed by atoms with Crippen molar-refractivity contribution in [2.45, 2.75) is 19.8 Å². The molecule has 1 aliphatic rings. The first-order valence-electron chi connectivity index (χ1n) is 5.64. The fourth-order valence-corrected chi connectivity index (χ4v) is 2.14. The van der Waals surface area contributed by atoms with Crippen LogP contribution in [-0.4, -0.2) is 13.0 Å². The molecule has 0 N–H and O–H groups in total. The number of para-hydroxylation sites is 1. The van der Waals surface area contributed by atoms with Crippen LogP contribution in [0.5, 0.6) is 0 Å². The molecule has 0 aromatic heterocycles. The highest BCUT2D eigenvalue weighted by molar-refractivity contribution is 5.98. The molecule has 2 nitrogen and oxygen atoms in total. The lowest BCUT2D eigenvalue weighted by Crippen LogP contribution is -2.38. The van der Waals surface area contributed by atoms with Gasteiger partial charge in [-0.05, 0) is 31.9 Å². The first-order valence-corrected chi connectivity index (χ1v) is 5.64. The standard InChI is InChI=1S/C14H17NO/c1-14(10-6-7-11-14)13(16)15(2)12-8-4-3-5-9-12/h3-6,8-10H,7,11H2,1-2H3/t14-/m0/s1. The first kappa shape index (κ1) is 10.9. The van der Waals surface area contributed by atoms with Crippen LogP contribution >= 0.6 is 0 Å². The van der Waals surface area contributed by atoms with Crippen LogP contribution in [0, 0.1) is 5.41 Å². The molecule has 1 atom stereocenters. The molecule has 2 heteroatoms. The minimum Gasteiger partial charge on any atom is -0.315 e. The highest BCUT2D eigenvalue weighted by Gasteiger charge is 2.35. The van der Waals surface area contributed by atoms with Crippen molar-refractivity contribution in [2.75, 3.05) is 11.9 Å². The topological polar surface area (TPSA) is 20.3 Å². The Balaban J connectivity index is 2.20. The number of carbonyl (C=O) groups excluding carboxylic acids is 1. The third-order valence-electron chi connectivity index (χ3n) is 3.25. The molecule has 84 valence electrons. The molecule has 0 spiro atoms. The minimum absolute atomic E-state index is 0.174. The van der Waals surface area contributed by atoms with E-state index < -0.39 is 0 Å². The van der Waals surface area contributed by atoms with Crippen LogP contribution in [-0.2, 0) is 4.79 Å². The van der Waals surface area contributed by atoms with E-state index in [4.69, 9.17) is 0 Å². The number of carbonyl (C=O) groups is 1. The van der Waals surface area contributed by atoms with Crippen molar-refractivity contribution >= 4 is 11.6 Å². The largest absolute Gasteiger partial charge is 0.315 e. The number of benzene rings is 1. The van der Waals surface area contributed by atoms with Crippen molar-refractivity contribution in [1.82, 2.24) is 0 Å². The molecule has 0 aliphatic heterocycles. The highest BCUT2D eigenvalue weighted by Crippen LogP contribution is 2.34. The van der Waals surface area contributed by atoms with Crippen LogP contribution in [0.1, 0.15) is 19.8 Å². The Hall–Kier alpha value is -1.57. The molecular formula is C14H17NO. The van der Waals surface area contributed by atoms with Gasteiger partial charge in [-0.3, -0.25) is 4.79 Å². The van der Waals surface area contributed by atoms with Gasteiger partial charge >= 0.3 is 0 Å². The normalized spacial score (nSPS) is 23.4. The quantitative estimate of drug-likeness (QED) is 0.694. The molecule has 0 fully saturated rings. The van der Waals surface area contributed by atoms with Gasteiger partial charge in [0.25, 0.3) is 0 Å². The third-order valence-corrected chi connectivity index (χ3v) is 3.25. The molecule has 16 heavy (non-hydrogen) atoms. The molecule has 0 saturated heterocycles. The predicted molar refractivity (Wildman–Crippen MR) is 66.3 cm³/mol. The van der Waals surface area contributed by atoms with Crippen LogP contribution in [0.15, 0.2) is 42.5 Å². The smallest absolute Gasteiger partial charge is 0.236 e. The average Bonchev–Trinajstić information content (AvgIpc) is 2.77. The van der Waals surface area contributed by atoms with Gasteiger partial charge in [-0.15, -0.1) is 0 Å². The monoisotopic (exact) mass is 215 g/mol. The molecule has 1 aromatic carbocycles. The first-order chi connectivity index (χ1) is 7.63. The number of allylic oxidation sites excluding steroid dienone is 1. The Labute approximate surface area is 96.6 Å². The van der Waals surface area contributed by atoms with E-state index in [0.717, 1.165) is 18.5 Å². The van der Waals surface area contributed by atoms with Crippen molar-refractivity contribution in [2.24, 2.45) is 5.41 Å². The Morgan fingerprint density at radius 1 is 1.31 bits per heavy atom. The Bertz CT molecular complexity index is 410. The van der Waals surface area contributed by atoms with Crippen LogP contribution in [0.2, 0.25) is 0 Å². The van der Waals surface area contributed by atoms with Crippen LogP contribution in [0.3, 0.4) is 0 Å². The molecule has 0 radical (unpaired) electrons. The Morgan fingerprint density at radius 3 is 2.56 bits per heavy atom. The van der Waals surface area contributed by atoms with Crippen LogP contribution in [0.4, 0.5) is 5.69 Å². The van der Waals surface area contributed by atoms with Gasteiger partial charge in [0.1, 0.15) is 0 Å². The summed E-state index contributed by atoms with van der Waals surface area (Å²) in [6, 6.07) is 9.77. The fraction of sp³-hybridized carbons (Fsp3) is 0.357. The maximum atomic E-state index is 12.3. The lowest BCUT2D eigenvalue weighted by molar-refractivity contribution is -0.124. The number of amides is 1. The van der Waals surface area contributed by atoms with E-state index in [0.29, 0.717) is 0 Å². The molecule has 0 saturated carbocycles. The second-order valence-electron chi connectivity index (χ2n) is 4.56. The molecule has 1 amide bonds. The number of nitrogens with zero attached hydrogens (tertiary/aromatic N) is 1. The predicted octanol–water partition coefficient (Wildman–Crippen LogP) is 3.01. The summed E-state index contributed by atoms with van der Waals surface area (Å²) in [6.07, 6.45) is 6.05. The molecular weight excluding hydrogens is 198 g/mol. The summed E-state index contributed by atoms with van der Waals surface area (Å²) in [7, 11) is 1.84. The second kappa shape index (κ2) is 4.12. The zero-order valence-corrected chi connectivity index (χ0v) is 9.81. The van der Waals surface area contributed by atoms with Crippen molar-refractivity contribution in [3.8, 4) is 0 Å². The van der Waals surface area contributed by atoms with E-state index in [1.165, 1.54) is 0 Å². The van der Waals surface area contributed by atoms with E-state index >= 15 is 0 Å². The van der Waals surface area contributed by atoms with Crippen LogP contribution in [0.25, 0.3) is 0 Å². The van der Waals surface area contributed by atoms with Gasteiger partial charge in [-0.2, -0.15) is 0 Å². The summed E-state index contributed by atoms with van der Waals surface area (Å²) >= 11 is 0. The zero-order valence-electron chi connectivity index (χ0n) is 9.81. The van der Waals surface area contributed by atoms with Gasteiger partial charge < -0.3 is 4.90 Å². The minimum atomic E-state index is -0.315. The van der Waals surface area contributed by atoms with E-state index in [1.54, 1.807) is 4.90 Å². The van der Waals surface area contributed by atoms with Crippen molar-refractivity contribution in [1.29, 1.82) is 0 Å². The summed E-state index contributed by atoms with van der Waals surface area (Å²) < 4.78 is 0. The molecule has 0 unspecified atom stereocenters. The summed E-state index contributed by atoms with van der Waals surface area (Å²) in [4.78, 5) is 14.1. The SMILES string of the molecule is CN(C(=O)[C@@]1(C)C=CCC1)c1ccccc1. The second-order valence-corrected chi connectivity index (χ2v) is 4.56. The number of anilines is 1. The molecule has 0 heterocycles. The summed E-state index contributed by atoms with van der Waals surface area (Å²) in [5.74, 6) is 0.174. The highest BCUT2D eigenvalue weighted by atomic mass is 16.2.